The average Bonchev–Trinajstić information content (AvgIpc) is 3.26. The molecule has 0 aliphatic carbocycles. The van der Waals surface area contributed by atoms with Crippen molar-refractivity contribution in [3.63, 3.8) is 0 Å². The minimum Gasteiger partial charge on any atom is -0.497 e. The van der Waals surface area contributed by atoms with Crippen LogP contribution in [-0.2, 0) is 26.1 Å². The van der Waals surface area contributed by atoms with E-state index < -0.39 is 16.9 Å². The van der Waals surface area contributed by atoms with Gasteiger partial charge >= 0.3 is 6.09 Å². The van der Waals surface area contributed by atoms with Crippen LogP contribution in [0.3, 0.4) is 0 Å². The molecule has 2 heterocycles. The van der Waals surface area contributed by atoms with E-state index in [1.165, 1.54) is 33.3 Å². The van der Waals surface area contributed by atoms with E-state index in [1.54, 1.807) is 31.5 Å². The second-order valence-electron chi connectivity index (χ2n) is 7.29. The summed E-state index contributed by atoms with van der Waals surface area (Å²) in [5, 5.41) is 2.39. The van der Waals surface area contributed by atoms with E-state index in [2.05, 4.69) is 20.1 Å². The monoisotopic (exact) mass is 554 g/mol. The van der Waals surface area contributed by atoms with Gasteiger partial charge in [0, 0.05) is 34.9 Å². The van der Waals surface area contributed by atoms with Crippen molar-refractivity contribution < 1.29 is 28.1 Å². The lowest BCUT2D eigenvalue weighted by atomic mass is 10.1. The van der Waals surface area contributed by atoms with E-state index in [9.17, 15) is 13.9 Å². The van der Waals surface area contributed by atoms with E-state index >= 15 is 0 Å². The summed E-state index contributed by atoms with van der Waals surface area (Å²) in [6.45, 7) is 4.06. The predicted molar refractivity (Wildman–Crippen MR) is 140 cm³/mol. The first-order valence-corrected chi connectivity index (χ1v) is 14.5. The Morgan fingerprint density at radius 1 is 1.14 bits per heavy atom. The summed E-state index contributed by atoms with van der Waals surface area (Å²) < 4.78 is 30.9. The molecule has 194 valence electrons. The SMILES string of the molecule is COc1ccc2nc(S(=O)Cc3ncc(C)c(OC)c3C)n(C(=O)OCCSSCCON=O)c2c1. The fourth-order valence-corrected chi connectivity index (χ4v) is 6.24. The molecule has 2 aromatic heterocycles. The minimum absolute atomic E-state index is 0.0421. The van der Waals surface area contributed by atoms with E-state index in [1.807, 2.05) is 13.8 Å². The van der Waals surface area contributed by atoms with Crippen LogP contribution in [0.4, 0.5) is 4.79 Å². The Balaban J connectivity index is 1.81. The Labute approximate surface area is 218 Å². The Bertz CT molecular complexity index is 1250. The number of nitrogens with zero attached hydrogens (tertiary/aromatic N) is 4. The molecule has 11 nitrogen and oxygen atoms in total. The number of methoxy groups -OCH3 is 2. The van der Waals surface area contributed by atoms with Crippen molar-refractivity contribution in [1.82, 2.24) is 14.5 Å². The molecular weight excluding hydrogens is 528 g/mol. The first-order valence-electron chi connectivity index (χ1n) is 10.7. The number of imidazole rings is 1. The zero-order valence-electron chi connectivity index (χ0n) is 20.2. The molecule has 0 N–H and O–H groups in total. The molecule has 1 aromatic carbocycles. The number of aromatic nitrogens is 3. The normalized spacial score (nSPS) is 11.8. The Morgan fingerprint density at radius 2 is 1.89 bits per heavy atom. The number of pyridine rings is 1. The van der Waals surface area contributed by atoms with Gasteiger partial charge in [0.1, 0.15) is 24.7 Å². The fourth-order valence-electron chi connectivity index (χ4n) is 3.35. The molecular formula is C22H26N4O7S3. The highest BCUT2D eigenvalue weighted by Gasteiger charge is 2.24. The van der Waals surface area contributed by atoms with Gasteiger partial charge in [-0.05, 0) is 26.0 Å². The summed E-state index contributed by atoms with van der Waals surface area (Å²) in [7, 11) is 4.30. The van der Waals surface area contributed by atoms with Crippen molar-refractivity contribution in [2.24, 2.45) is 5.34 Å². The number of hydrogen-bond acceptors (Lipinski definition) is 12. The van der Waals surface area contributed by atoms with Crippen LogP contribution >= 0.6 is 21.6 Å². The number of ether oxygens (including phenoxy) is 3. The van der Waals surface area contributed by atoms with Gasteiger partial charge in [-0.3, -0.25) is 9.19 Å². The van der Waals surface area contributed by atoms with Gasteiger partial charge in [0.2, 0.25) is 5.16 Å². The van der Waals surface area contributed by atoms with Gasteiger partial charge in [0.05, 0.1) is 47.5 Å². The fraction of sp³-hybridized carbons (Fsp3) is 0.409. The lowest BCUT2D eigenvalue weighted by Gasteiger charge is -2.12. The standard InChI is InChI=1S/C22H26N4O7S3/c1-14-12-23-18(15(2)20(14)31-4)13-36(29)21-24-17-6-5-16(30-3)11-19(17)26(21)22(27)32-7-9-34-35-10-8-33-25-28/h5-6,11-12H,7-10,13H2,1-4H3. The maximum absolute atomic E-state index is 13.5. The average molecular weight is 555 g/mol. The largest absolute Gasteiger partial charge is 0.497 e. The molecule has 0 bridgehead atoms. The lowest BCUT2D eigenvalue weighted by molar-refractivity contribution is 0.153. The van der Waals surface area contributed by atoms with Crippen molar-refractivity contribution in [2.45, 2.75) is 24.8 Å². The third-order valence-corrected chi connectivity index (χ3v) is 8.57. The topological polar surface area (TPSA) is 131 Å². The molecule has 3 rings (SSSR count). The Morgan fingerprint density at radius 3 is 2.58 bits per heavy atom. The molecule has 0 saturated heterocycles. The van der Waals surface area contributed by atoms with E-state index in [4.69, 9.17) is 14.2 Å². The number of rotatable bonds is 13. The van der Waals surface area contributed by atoms with Crippen LogP contribution in [0.1, 0.15) is 16.8 Å². The van der Waals surface area contributed by atoms with Crippen LogP contribution in [-0.4, -0.2) is 63.8 Å². The highest BCUT2D eigenvalue weighted by Crippen LogP contribution is 2.28. The molecule has 3 aromatic rings. The number of aryl methyl sites for hydroxylation is 1. The summed E-state index contributed by atoms with van der Waals surface area (Å²) in [5.41, 5.74) is 3.14. The Hall–Kier alpha value is -2.84. The molecule has 0 saturated carbocycles. The predicted octanol–water partition coefficient (Wildman–Crippen LogP) is 4.44. The van der Waals surface area contributed by atoms with Gasteiger partial charge < -0.3 is 19.0 Å². The number of carbonyl (C=O) groups excluding carboxylic acids is 1. The molecule has 0 fully saturated rings. The smallest absolute Gasteiger partial charge is 0.420 e. The Kier molecular flexibility index (Phi) is 10.4. The second kappa shape index (κ2) is 13.5. The quantitative estimate of drug-likeness (QED) is 0.129. The van der Waals surface area contributed by atoms with Crippen LogP contribution in [0.25, 0.3) is 11.0 Å². The zero-order valence-corrected chi connectivity index (χ0v) is 22.7. The molecule has 0 spiro atoms. The van der Waals surface area contributed by atoms with Crippen LogP contribution in [0.2, 0.25) is 0 Å². The van der Waals surface area contributed by atoms with Gasteiger partial charge in [0.25, 0.3) is 0 Å². The van der Waals surface area contributed by atoms with E-state index in [0.29, 0.717) is 39.7 Å². The van der Waals surface area contributed by atoms with Crippen molar-refractivity contribution >= 4 is 49.5 Å². The van der Waals surface area contributed by atoms with Gasteiger partial charge in [-0.25, -0.2) is 14.3 Å². The van der Waals surface area contributed by atoms with Crippen molar-refractivity contribution in [2.75, 3.05) is 38.9 Å². The number of hydrogen-bond donors (Lipinski definition) is 0. The van der Waals surface area contributed by atoms with Crippen LogP contribution in [0.5, 0.6) is 11.5 Å². The molecule has 14 heteroatoms. The molecule has 0 radical (unpaired) electrons. The summed E-state index contributed by atoms with van der Waals surface area (Å²) in [6, 6.07) is 5.06. The third-order valence-electron chi connectivity index (χ3n) is 5.02. The minimum atomic E-state index is -1.71. The van der Waals surface area contributed by atoms with Gasteiger partial charge in [-0.15, -0.1) is 4.91 Å². The van der Waals surface area contributed by atoms with Crippen LogP contribution < -0.4 is 9.47 Å². The van der Waals surface area contributed by atoms with Crippen LogP contribution in [0.15, 0.2) is 34.9 Å². The molecule has 0 aliphatic heterocycles. The molecule has 36 heavy (non-hydrogen) atoms. The molecule has 1 unspecified atom stereocenters. The number of benzene rings is 1. The highest BCUT2D eigenvalue weighted by molar-refractivity contribution is 8.76. The molecule has 1 atom stereocenters. The van der Waals surface area contributed by atoms with Gasteiger partial charge in [-0.1, -0.05) is 21.6 Å². The third kappa shape index (κ3) is 6.68. The second-order valence-corrected chi connectivity index (χ2v) is 11.3. The lowest BCUT2D eigenvalue weighted by Crippen LogP contribution is -2.19. The summed E-state index contributed by atoms with van der Waals surface area (Å²) in [6.07, 6.45) is 0.969. The van der Waals surface area contributed by atoms with Gasteiger partial charge in [0.15, 0.2) is 5.34 Å². The van der Waals surface area contributed by atoms with Crippen LogP contribution in [0, 0.1) is 18.8 Å². The number of fused-ring (bicyclic) bond motifs is 1. The summed E-state index contributed by atoms with van der Waals surface area (Å²) in [5.74, 6) is 2.32. The van der Waals surface area contributed by atoms with E-state index in [-0.39, 0.29) is 24.1 Å². The first kappa shape index (κ1) is 27.7. The molecule has 0 amide bonds. The van der Waals surface area contributed by atoms with Gasteiger partial charge in [-0.2, -0.15) is 0 Å². The van der Waals surface area contributed by atoms with Crippen molar-refractivity contribution in [3.05, 3.63) is 46.1 Å². The summed E-state index contributed by atoms with van der Waals surface area (Å²) >= 11 is 0. The van der Waals surface area contributed by atoms with Crippen molar-refractivity contribution in [3.8, 4) is 11.5 Å². The van der Waals surface area contributed by atoms with Crippen molar-refractivity contribution in [1.29, 1.82) is 0 Å². The number of carbonyl (C=O) groups is 1. The van der Waals surface area contributed by atoms with E-state index in [0.717, 1.165) is 11.1 Å². The maximum atomic E-state index is 13.5. The zero-order chi connectivity index (χ0) is 26.1. The highest BCUT2D eigenvalue weighted by atomic mass is 33.1. The molecule has 0 aliphatic rings. The maximum Gasteiger partial charge on any atom is 0.420 e. The first-order chi connectivity index (χ1) is 17.4. The summed E-state index contributed by atoms with van der Waals surface area (Å²) in [4.78, 5) is 36.3.